The Morgan fingerprint density at radius 1 is 1.32 bits per heavy atom. The number of rotatable bonds is 4. The Hall–Kier alpha value is -1.43. The molecular formula is C16H22FNO3S. The van der Waals surface area contributed by atoms with Gasteiger partial charge >= 0.3 is 0 Å². The second-order valence-electron chi connectivity index (χ2n) is 6.54. The van der Waals surface area contributed by atoms with Crippen molar-refractivity contribution in [1.29, 1.82) is 0 Å². The van der Waals surface area contributed by atoms with Crippen LogP contribution < -0.4 is 5.32 Å². The Morgan fingerprint density at radius 3 is 2.55 bits per heavy atom. The number of benzene rings is 1. The molecule has 1 N–H and O–H groups in total. The summed E-state index contributed by atoms with van der Waals surface area (Å²) in [6.07, 6.45) is 0.767. The molecule has 4 nitrogen and oxygen atoms in total. The maximum Gasteiger partial charge on any atom is 0.223 e. The van der Waals surface area contributed by atoms with Gasteiger partial charge in [-0.05, 0) is 30.5 Å². The van der Waals surface area contributed by atoms with E-state index in [1.54, 1.807) is 6.07 Å². The van der Waals surface area contributed by atoms with E-state index in [1.165, 1.54) is 12.1 Å². The largest absolute Gasteiger partial charge is 0.355 e. The minimum atomic E-state index is -2.96. The van der Waals surface area contributed by atoms with Crippen molar-refractivity contribution in [2.45, 2.75) is 32.1 Å². The van der Waals surface area contributed by atoms with Crippen molar-refractivity contribution in [1.82, 2.24) is 5.32 Å². The van der Waals surface area contributed by atoms with Crippen LogP contribution in [-0.2, 0) is 20.0 Å². The van der Waals surface area contributed by atoms with Crippen molar-refractivity contribution in [3.8, 4) is 0 Å². The number of nitrogens with one attached hydrogen (secondary N) is 1. The number of carbonyl (C=O) groups is 1. The van der Waals surface area contributed by atoms with Gasteiger partial charge in [-0.3, -0.25) is 4.79 Å². The van der Waals surface area contributed by atoms with Crippen LogP contribution in [0.15, 0.2) is 24.3 Å². The first-order valence-electron chi connectivity index (χ1n) is 7.44. The molecule has 1 fully saturated rings. The molecule has 122 valence electrons. The summed E-state index contributed by atoms with van der Waals surface area (Å²) in [4.78, 5) is 12.2. The smallest absolute Gasteiger partial charge is 0.223 e. The molecule has 22 heavy (non-hydrogen) atoms. The topological polar surface area (TPSA) is 63.2 Å². The van der Waals surface area contributed by atoms with Crippen LogP contribution in [0, 0.1) is 11.7 Å². The molecule has 0 unspecified atom stereocenters. The Kier molecular flexibility index (Phi) is 4.90. The normalized spacial score (nSPS) is 18.9. The number of halogens is 1. The summed E-state index contributed by atoms with van der Waals surface area (Å²) in [6, 6.07) is 6.35. The third kappa shape index (κ3) is 4.29. The summed E-state index contributed by atoms with van der Waals surface area (Å²) in [5.41, 5.74) is 0.428. The average molecular weight is 327 g/mol. The average Bonchev–Trinajstić information content (AvgIpc) is 2.45. The van der Waals surface area contributed by atoms with Crippen LogP contribution in [0.5, 0.6) is 0 Å². The van der Waals surface area contributed by atoms with Gasteiger partial charge in [0.25, 0.3) is 0 Å². The van der Waals surface area contributed by atoms with Crippen molar-refractivity contribution >= 4 is 15.7 Å². The fraction of sp³-hybridized carbons (Fsp3) is 0.562. The van der Waals surface area contributed by atoms with Crippen LogP contribution in [0.4, 0.5) is 4.39 Å². The summed E-state index contributed by atoms with van der Waals surface area (Å²) in [5.74, 6) is -0.489. The number of carbonyl (C=O) groups excluding carboxylic acids is 1. The van der Waals surface area contributed by atoms with Crippen molar-refractivity contribution in [3.05, 3.63) is 35.6 Å². The lowest BCUT2D eigenvalue weighted by molar-refractivity contribution is -0.125. The minimum absolute atomic E-state index is 0.0817. The Balaban J connectivity index is 1.93. The van der Waals surface area contributed by atoms with E-state index in [1.807, 2.05) is 19.9 Å². The fourth-order valence-corrected chi connectivity index (χ4v) is 4.11. The predicted molar refractivity (Wildman–Crippen MR) is 83.8 cm³/mol. The quantitative estimate of drug-likeness (QED) is 0.920. The molecule has 1 aromatic rings. The molecule has 1 aromatic carbocycles. The highest BCUT2D eigenvalue weighted by Gasteiger charge is 2.29. The Bertz CT molecular complexity index is 641. The highest BCUT2D eigenvalue weighted by Crippen LogP contribution is 2.24. The third-order valence-corrected chi connectivity index (χ3v) is 5.95. The standard InChI is InChI=1S/C16H22FNO3S/c1-16(2,13-4-3-5-14(17)10-13)11-18-15(19)12-6-8-22(20,21)9-7-12/h3-5,10,12H,6-9,11H2,1-2H3,(H,18,19). The maximum atomic E-state index is 13.3. The van der Waals surface area contributed by atoms with E-state index in [4.69, 9.17) is 0 Å². The maximum absolute atomic E-state index is 13.3. The van der Waals surface area contributed by atoms with Crippen LogP contribution in [0.2, 0.25) is 0 Å². The number of hydrogen-bond acceptors (Lipinski definition) is 3. The zero-order valence-corrected chi connectivity index (χ0v) is 13.7. The van der Waals surface area contributed by atoms with E-state index >= 15 is 0 Å². The van der Waals surface area contributed by atoms with Crippen molar-refractivity contribution in [2.75, 3.05) is 18.1 Å². The van der Waals surface area contributed by atoms with Crippen LogP contribution in [0.3, 0.4) is 0 Å². The van der Waals surface area contributed by atoms with Gasteiger partial charge in [0.1, 0.15) is 15.7 Å². The van der Waals surface area contributed by atoms with Crippen LogP contribution in [0.25, 0.3) is 0 Å². The lowest BCUT2D eigenvalue weighted by Crippen LogP contribution is -2.41. The van der Waals surface area contributed by atoms with Gasteiger partial charge in [0.2, 0.25) is 5.91 Å². The molecule has 0 spiro atoms. The van der Waals surface area contributed by atoms with E-state index in [-0.39, 0.29) is 29.1 Å². The van der Waals surface area contributed by atoms with E-state index in [0.717, 1.165) is 5.56 Å². The first-order valence-corrected chi connectivity index (χ1v) is 9.26. The Labute approximate surface area is 131 Å². The molecule has 0 aromatic heterocycles. The lowest BCUT2D eigenvalue weighted by Gasteiger charge is -2.28. The van der Waals surface area contributed by atoms with Crippen molar-refractivity contribution < 1.29 is 17.6 Å². The summed E-state index contributed by atoms with van der Waals surface area (Å²) in [7, 11) is -2.96. The van der Waals surface area contributed by atoms with Gasteiger partial charge in [0.05, 0.1) is 11.5 Å². The van der Waals surface area contributed by atoms with Gasteiger partial charge in [0.15, 0.2) is 0 Å². The van der Waals surface area contributed by atoms with Crippen LogP contribution in [-0.4, -0.2) is 32.4 Å². The molecule has 1 aliphatic rings. The molecular weight excluding hydrogens is 305 g/mol. The van der Waals surface area contributed by atoms with E-state index in [2.05, 4.69) is 5.32 Å². The molecule has 0 atom stereocenters. The summed E-state index contributed by atoms with van der Waals surface area (Å²) < 4.78 is 36.1. The third-order valence-electron chi connectivity index (χ3n) is 4.24. The molecule has 2 rings (SSSR count). The van der Waals surface area contributed by atoms with Gasteiger partial charge in [-0.1, -0.05) is 26.0 Å². The molecule has 1 heterocycles. The van der Waals surface area contributed by atoms with E-state index in [9.17, 15) is 17.6 Å². The first-order chi connectivity index (χ1) is 10.2. The van der Waals surface area contributed by atoms with Gasteiger partial charge in [-0.15, -0.1) is 0 Å². The molecule has 0 saturated carbocycles. The van der Waals surface area contributed by atoms with Crippen molar-refractivity contribution in [2.24, 2.45) is 5.92 Å². The zero-order chi connectivity index (χ0) is 16.4. The van der Waals surface area contributed by atoms with Gasteiger partial charge in [-0.2, -0.15) is 0 Å². The van der Waals surface area contributed by atoms with E-state index < -0.39 is 15.3 Å². The SMILES string of the molecule is CC(C)(CNC(=O)C1CCS(=O)(=O)CC1)c1cccc(F)c1. The molecule has 0 radical (unpaired) electrons. The zero-order valence-electron chi connectivity index (χ0n) is 12.9. The minimum Gasteiger partial charge on any atom is -0.355 e. The number of amides is 1. The lowest BCUT2D eigenvalue weighted by atomic mass is 9.84. The second-order valence-corrected chi connectivity index (χ2v) is 8.84. The van der Waals surface area contributed by atoms with Crippen molar-refractivity contribution in [3.63, 3.8) is 0 Å². The molecule has 0 bridgehead atoms. The van der Waals surface area contributed by atoms with Crippen LogP contribution in [0.1, 0.15) is 32.3 Å². The van der Waals surface area contributed by atoms with Gasteiger partial charge in [0, 0.05) is 17.9 Å². The van der Waals surface area contributed by atoms with E-state index in [0.29, 0.717) is 19.4 Å². The van der Waals surface area contributed by atoms with Gasteiger partial charge < -0.3 is 5.32 Å². The monoisotopic (exact) mass is 327 g/mol. The highest BCUT2D eigenvalue weighted by atomic mass is 32.2. The second kappa shape index (κ2) is 6.36. The molecule has 6 heteroatoms. The predicted octanol–water partition coefficient (Wildman–Crippen LogP) is 2.04. The number of sulfone groups is 1. The summed E-state index contributed by atoms with van der Waals surface area (Å²) in [6.45, 7) is 4.26. The molecule has 1 aliphatic heterocycles. The first kappa shape index (κ1) is 16.9. The number of hydrogen-bond donors (Lipinski definition) is 1. The highest BCUT2D eigenvalue weighted by molar-refractivity contribution is 7.91. The fourth-order valence-electron chi connectivity index (χ4n) is 2.62. The summed E-state index contributed by atoms with van der Waals surface area (Å²) >= 11 is 0. The van der Waals surface area contributed by atoms with Gasteiger partial charge in [-0.25, -0.2) is 12.8 Å². The molecule has 0 aliphatic carbocycles. The summed E-state index contributed by atoms with van der Waals surface area (Å²) in [5, 5.41) is 2.88. The molecule has 1 amide bonds. The molecule has 1 saturated heterocycles. The Morgan fingerprint density at radius 2 is 1.95 bits per heavy atom. The van der Waals surface area contributed by atoms with Crippen LogP contribution >= 0.6 is 0 Å².